The number of pyridine rings is 1. The van der Waals surface area contributed by atoms with E-state index in [1.54, 1.807) is 18.3 Å². The lowest BCUT2D eigenvalue weighted by atomic mass is 9.87. The van der Waals surface area contributed by atoms with E-state index in [0.29, 0.717) is 17.1 Å². The number of ether oxygens (including phenoxy) is 1. The van der Waals surface area contributed by atoms with Crippen LogP contribution in [0.25, 0.3) is 0 Å². The van der Waals surface area contributed by atoms with Crippen LogP contribution in [0.15, 0.2) is 83.5 Å². The van der Waals surface area contributed by atoms with E-state index in [2.05, 4.69) is 30.7 Å². The number of nitrogens with zero attached hydrogens (tertiary/aromatic N) is 3. The van der Waals surface area contributed by atoms with Crippen molar-refractivity contribution in [1.29, 1.82) is 0 Å². The highest BCUT2D eigenvalue weighted by Gasteiger charge is 2.24. The first-order valence-electron chi connectivity index (χ1n) is 14.2. The van der Waals surface area contributed by atoms with Gasteiger partial charge in [0.2, 0.25) is 0 Å². The molecule has 0 aliphatic carbocycles. The number of hydrogen-bond acceptors (Lipinski definition) is 5. The minimum atomic E-state index is -0.422. The summed E-state index contributed by atoms with van der Waals surface area (Å²) in [4.78, 5) is 22.3. The van der Waals surface area contributed by atoms with Gasteiger partial charge in [-0.2, -0.15) is 0 Å². The van der Waals surface area contributed by atoms with Gasteiger partial charge in [0.25, 0.3) is 0 Å². The van der Waals surface area contributed by atoms with Crippen LogP contribution in [-0.4, -0.2) is 48.6 Å². The summed E-state index contributed by atoms with van der Waals surface area (Å²) in [5.41, 5.74) is 4.50. The normalized spacial score (nSPS) is 13.9. The van der Waals surface area contributed by atoms with Gasteiger partial charge in [-0.25, -0.2) is 18.6 Å². The van der Waals surface area contributed by atoms with Crippen molar-refractivity contribution in [1.82, 2.24) is 9.88 Å². The third kappa shape index (κ3) is 7.23. The molecular weight excluding hydrogens is 600 g/mol. The monoisotopic (exact) mass is 633 g/mol. The Morgan fingerprint density at radius 2 is 1.48 bits per heavy atom. The predicted molar refractivity (Wildman–Crippen MR) is 165 cm³/mol. The maximum Gasteiger partial charge on any atom is 0.347 e. The van der Waals surface area contributed by atoms with Crippen molar-refractivity contribution in [2.45, 2.75) is 32.6 Å². The molecular formula is C34H34BrF2N3O2. The molecule has 0 amide bonds. The molecule has 0 N–H and O–H groups in total. The van der Waals surface area contributed by atoms with E-state index in [1.165, 1.54) is 24.3 Å². The number of hydrogen-bond donors (Lipinski definition) is 0. The van der Waals surface area contributed by atoms with E-state index >= 15 is 0 Å². The lowest BCUT2D eigenvalue weighted by Crippen LogP contribution is -2.47. The van der Waals surface area contributed by atoms with E-state index in [1.807, 2.05) is 50.2 Å². The molecule has 0 radical (unpaired) electrons. The van der Waals surface area contributed by atoms with Crippen LogP contribution < -0.4 is 9.64 Å². The Hall–Kier alpha value is -3.62. The Kier molecular flexibility index (Phi) is 9.65. The molecule has 0 atom stereocenters. The van der Waals surface area contributed by atoms with Crippen LogP contribution in [-0.2, 0) is 0 Å². The lowest BCUT2D eigenvalue weighted by molar-refractivity contribution is 0.0734. The van der Waals surface area contributed by atoms with E-state index in [-0.39, 0.29) is 17.6 Å². The van der Waals surface area contributed by atoms with Gasteiger partial charge in [0.05, 0.1) is 0 Å². The number of benzene rings is 3. The fourth-order valence-electron chi connectivity index (χ4n) is 5.55. The highest BCUT2D eigenvalue weighted by molar-refractivity contribution is 9.10. The van der Waals surface area contributed by atoms with Crippen LogP contribution in [0.4, 0.5) is 14.6 Å². The number of piperazine rings is 1. The summed E-state index contributed by atoms with van der Waals surface area (Å²) in [6.45, 7) is 8.01. The zero-order valence-electron chi connectivity index (χ0n) is 23.8. The van der Waals surface area contributed by atoms with E-state index in [4.69, 9.17) is 4.74 Å². The number of esters is 1. The molecule has 0 unspecified atom stereocenters. The van der Waals surface area contributed by atoms with Crippen molar-refractivity contribution < 1.29 is 18.3 Å². The molecule has 0 bridgehead atoms. The molecule has 1 aliphatic heterocycles. The average molecular weight is 635 g/mol. The average Bonchev–Trinajstić information content (AvgIpc) is 2.99. The molecule has 3 aromatic carbocycles. The Balaban J connectivity index is 1.19. The van der Waals surface area contributed by atoms with Crippen LogP contribution in [0.5, 0.6) is 5.75 Å². The van der Waals surface area contributed by atoms with Gasteiger partial charge in [-0.1, -0.05) is 40.2 Å². The van der Waals surface area contributed by atoms with Crippen molar-refractivity contribution in [2.24, 2.45) is 0 Å². The second kappa shape index (κ2) is 13.6. The number of carbonyl (C=O) groups excluding carboxylic acids is 1. The Morgan fingerprint density at radius 3 is 2.05 bits per heavy atom. The van der Waals surface area contributed by atoms with Gasteiger partial charge in [-0.15, -0.1) is 0 Å². The minimum Gasteiger partial charge on any atom is -0.423 e. The van der Waals surface area contributed by atoms with E-state index < -0.39 is 5.97 Å². The van der Waals surface area contributed by atoms with Crippen LogP contribution in [0.2, 0.25) is 0 Å². The summed E-state index contributed by atoms with van der Waals surface area (Å²) in [5.74, 6) is 0.259. The van der Waals surface area contributed by atoms with Crippen molar-refractivity contribution in [2.75, 3.05) is 37.6 Å². The first-order valence-corrected chi connectivity index (χ1v) is 15.0. The molecule has 1 aromatic heterocycles. The fourth-order valence-corrected chi connectivity index (χ4v) is 5.78. The first-order chi connectivity index (χ1) is 20.3. The second-order valence-corrected chi connectivity index (χ2v) is 11.6. The summed E-state index contributed by atoms with van der Waals surface area (Å²) < 4.78 is 33.9. The largest absolute Gasteiger partial charge is 0.423 e. The van der Waals surface area contributed by atoms with Gasteiger partial charge < -0.3 is 9.64 Å². The smallest absolute Gasteiger partial charge is 0.347 e. The molecule has 218 valence electrons. The molecule has 42 heavy (non-hydrogen) atoms. The standard InChI is InChI=1S/C34H34BrF2N3O2/c1-23-21-29(22-24(2)32(23)35)42-34(41)31-5-3-15-38-33(31)40-19-17-39(18-20-40)16-4-6-30(25-7-11-27(36)12-8-25)26-9-13-28(37)14-10-26/h3,5,7-15,21-22,30H,4,6,16-20H2,1-2H3. The van der Waals surface area contributed by atoms with Crippen LogP contribution >= 0.6 is 15.9 Å². The number of halogens is 3. The highest BCUT2D eigenvalue weighted by Crippen LogP contribution is 2.31. The zero-order valence-corrected chi connectivity index (χ0v) is 25.4. The Bertz CT molecular complexity index is 1450. The topological polar surface area (TPSA) is 45.7 Å². The second-order valence-electron chi connectivity index (χ2n) is 10.8. The molecule has 0 saturated carbocycles. The SMILES string of the molecule is Cc1cc(OC(=O)c2cccnc2N2CCN(CCCC(c3ccc(F)cc3)c3ccc(F)cc3)CC2)cc(C)c1Br. The third-order valence-electron chi connectivity index (χ3n) is 7.81. The van der Waals surface area contributed by atoms with Crippen molar-refractivity contribution >= 4 is 27.7 Å². The quantitative estimate of drug-likeness (QED) is 0.140. The van der Waals surface area contributed by atoms with Crippen LogP contribution in [0, 0.1) is 25.5 Å². The van der Waals surface area contributed by atoms with Gasteiger partial charge in [-0.05, 0) is 104 Å². The van der Waals surface area contributed by atoms with E-state index in [0.717, 1.165) is 72.3 Å². The molecule has 2 heterocycles. The van der Waals surface area contributed by atoms with Gasteiger partial charge in [0.15, 0.2) is 0 Å². The molecule has 5 nitrogen and oxygen atoms in total. The zero-order chi connectivity index (χ0) is 29.6. The van der Waals surface area contributed by atoms with Gasteiger partial charge >= 0.3 is 5.97 Å². The van der Waals surface area contributed by atoms with Gasteiger partial charge in [-0.3, -0.25) is 4.90 Å². The third-order valence-corrected chi connectivity index (χ3v) is 9.06. The number of anilines is 1. The van der Waals surface area contributed by atoms with E-state index in [9.17, 15) is 13.6 Å². The molecule has 1 aliphatic rings. The fraction of sp³-hybridized carbons (Fsp3) is 0.294. The molecule has 0 spiro atoms. The first kappa shape index (κ1) is 29.9. The van der Waals surface area contributed by atoms with Crippen LogP contribution in [0.1, 0.15) is 51.4 Å². The van der Waals surface area contributed by atoms with Crippen LogP contribution in [0.3, 0.4) is 0 Å². The van der Waals surface area contributed by atoms with Gasteiger partial charge in [0, 0.05) is 42.8 Å². The molecule has 5 rings (SSSR count). The number of aryl methyl sites for hydroxylation is 2. The summed E-state index contributed by atoms with van der Waals surface area (Å²) in [6, 6.07) is 20.4. The highest BCUT2D eigenvalue weighted by atomic mass is 79.9. The molecule has 8 heteroatoms. The summed E-state index contributed by atoms with van der Waals surface area (Å²) in [7, 11) is 0. The molecule has 4 aromatic rings. The maximum absolute atomic E-state index is 13.6. The van der Waals surface area contributed by atoms with Gasteiger partial charge in [0.1, 0.15) is 28.8 Å². The molecule has 1 saturated heterocycles. The maximum atomic E-state index is 13.6. The number of rotatable bonds is 9. The summed E-state index contributed by atoms with van der Waals surface area (Å²) in [6.07, 6.45) is 3.51. The predicted octanol–water partition coefficient (Wildman–Crippen LogP) is 7.69. The lowest BCUT2D eigenvalue weighted by Gasteiger charge is -2.36. The van der Waals surface area contributed by atoms with Crippen molar-refractivity contribution in [3.8, 4) is 5.75 Å². The van der Waals surface area contributed by atoms with Crippen molar-refractivity contribution in [3.63, 3.8) is 0 Å². The minimum absolute atomic E-state index is 0.0629. The molecule has 1 fully saturated rings. The Morgan fingerprint density at radius 1 is 0.905 bits per heavy atom. The number of aromatic nitrogens is 1. The number of carbonyl (C=O) groups is 1. The van der Waals surface area contributed by atoms with Crippen molar-refractivity contribution in [3.05, 3.63) is 123 Å². The Labute approximate surface area is 254 Å². The summed E-state index contributed by atoms with van der Waals surface area (Å²) in [5, 5.41) is 0. The summed E-state index contributed by atoms with van der Waals surface area (Å²) >= 11 is 3.56.